The van der Waals surface area contributed by atoms with Crippen LogP contribution < -0.4 is 14.8 Å². The van der Waals surface area contributed by atoms with Gasteiger partial charge < -0.3 is 19.9 Å². The normalized spacial score (nSPS) is 12.4. The first-order chi connectivity index (χ1) is 12.3. The summed E-state index contributed by atoms with van der Waals surface area (Å²) in [5, 5.41) is 12.6. The van der Waals surface area contributed by atoms with E-state index in [0.717, 1.165) is 12.1 Å². The van der Waals surface area contributed by atoms with E-state index in [9.17, 15) is 23.1 Å². The highest BCUT2D eigenvalue weighted by molar-refractivity contribution is 5.94. The van der Waals surface area contributed by atoms with Gasteiger partial charge in [0.05, 0.1) is 25.9 Å². The summed E-state index contributed by atoms with van der Waals surface area (Å²) in [6.07, 6.45) is -5.58. The van der Waals surface area contributed by atoms with Gasteiger partial charge >= 0.3 is 6.18 Å². The highest BCUT2D eigenvalue weighted by atomic mass is 19.4. The van der Waals surface area contributed by atoms with Crippen LogP contribution in [0.15, 0.2) is 42.5 Å². The maximum absolute atomic E-state index is 12.5. The zero-order chi connectivity index (χ0) is 19.3. The lowest BCUT2D eigenvalue weighted by molar-refractivity contribution is -0.137. The van der Waals surface area contributed by atoms with Crippen molar-refractivity contribution in [2.45, 2.75) is 12.3 Å². The summed E-state index contributed by atoms with van der Waals surface area (Å²) in [7, 11) is 2.91. The molecule has 0 aliphatic heterocycles. The van der Waals surface area contributed by atoms with Crippen LogP contribution in [0, 0.1) is 0 Å². The van der Waals surface area contributed by atoms with Gasteiger partial charge in [0.2, 0.25) is 0 Å². The van der Waals surface area contributed by atoms with Crippen LogP contribution in [0.2, 0.25) is 0 Å². The number of hydrogen-bond donors (Lipinski definition) is 2. The van der Waals surface area contributed by atoms with Gasteiger partial charge in [-0.25, -0.2) is 0 Å². The van der Waals surface area contributed by atoms with Gasteiger partial charge in [-0.2, -0.15) is 13.2 Å². The Labute approximate surface area is 148 Å². The molecule has 2 N–H and O–H groups in total. The number of rotatable bonds is 6. The van der Waals surface area contributed by atoms with Gasteiger partial charge in [-0.05, 0) is 35.9 Å². The minimum absolute atomic E-state index is 0.154. The quantitative estimate of drug-likeness (QED) is 0.821. The molecule has 140 valence electrons. The molecule has 2 aromatic rings. The molecule has 0 radical (unpaired) electrons. The summed E-state index contributed by atoms with van der Waals surface area (Å²) in [5.74, 6) is 0.384. The first-order valence-corrected chi connectivity index (χ1v) is 7.61. The summed E-state index contributed by atoms with van der Waals surface area (Å²) in [6, 6.07) is 8.70. The number of nitrogens with one attached hydrogen (secondary N) is 1. The van der Waals surface area contributed by atoms with E-state index in [4.69, 9.17) is 9.47 Å². The Hall–Kier alpha value is -2.74. The van der Waals surface area contributed by atoms with Gasteiger partial charge in [0, 0.05) is 12.1 Å². The number of aliphatic hydroxyl groups is 1. The zero-order valence-electron chi connectivity index (χ0n) is 14.1. The molecular formula is C18H18F3NO4. The number of methoxy groups -OCH3 is 2. The molecule has 2 aromatic carbocycles. The second-order valence-corrected chi connectivity index (χ2v) is 5.42. The highest BCUT2D eigenvalue weighted by Gasteiger charge is 2.30. The molecule has 2 rings (SSSR count). The molecule has 0 saturated carbocycles. The summed E-state index contributed by atoms with van der Waals surface area (Å²) in [5.41, 5.74) is -0.240. The lowest BCUT2D eigenvalue weighted by Gasteiger charge is -2.14. The van der Waals surface area contributed by atoms with E-state index < -0.39 is 23.8 Å². The molecule has 0 fully saturated rings. The minimum atomic E-state index is -4.44. The number of benzene rings is 2. The number of amides is 1. The molecule has 8 heteroatoms. The van der Waals surface area contributed by atoms with Gasteiger partial charge in [-0.15, -0.1) is 0 Å². The van der Waals surface area contributed by atoms with Gasteiger partial charge in [-0.3, -0.25) is 4.79 Å². The molecule has 0 heterocycles. The van der Waals surface area contributed by atoms with Crippen LogP contribution in [-0.2, 0) is 6.18 Å². The molecule has 1 unspecified atom stereocenters. The maximum atomic E-state index is 12.5. The number of halogens is 3. The third-order valence-corrected chi connectivity index (χ3v) is 3.72. The number of ether oxygens (including phenoxy) is 2. The lowest BCUT2D eigenvalue weighted by Crippen LogP contribution is -2.28. The predicted molar refractivity (Wildman–Crippen MR) is 88.3 cm³/mol. The molecule has 0 aliphatic carbocycles. The van der Waals surface area contributed by atoms with Crippen molar-refractivity contribution in [2.24, 2.45) is 0 Å². The van der Waals surface area contributed by atoms with Crippen LogP contribution in [0.4, 0.5) is 13.2 Å². The van der Waals surface area contributed by atoms with Crippen LogP contribution >= 0.6 is 0 Å². The van der Waals surface area contributed by atoms with E-state index >= 15 is 0 Å². The molecule has 1 atom stereocenters. The Morgan fingerprint density at radius 1 is 1.08 bits per heavy atom. The molecule has 0 spiro atoms. The van der Waals surface area contributed by atoms with Crippen molar-refractivity contribution in [2.75, 3.05) is 20.8 Å². The van der Waals surface area contributed by atoms with Gasteiger partial charge in [0.15, 0.2) is 11.5 Å². The van der Waals surface area contributed by atoms with Crippen molar-refractivity contribution >= 4 is 5.91 Å². The summed E-state index contributed by atoms with van der Waals surface area (Å²) in [4.78, 5) is 12.2. The molecule has 0 aliphatic rings. The van der Waals surface area contributed by atoms with E-state index in [1.54, 1.807) is 6.07 Å². The minimum Gasteiger partial charge on any atom is -0.493 e. The fourth-order valence-electron chi connectivity index (χ4n) is 2.28. The molecule has 0 saturated heterocycles. The number of alkyl halides is 3. The Balaban J connectivity index is 2.00. The van der Waals surface area contributed by atoms with E-state index in [0.29, 0.717) is 17.1 Å². The van der Waals surface area contributed by atoms with E-state index in [1.807, 2.05) is 0 Å². The van der Waals surface area contributed by atoms with Gasteiger partial charge in [0.25, 0.3) is 5.91 Å². The Morgan fingerprint density at radius 3 is 2.23 bits per heavy atom. The third kappa shape index (κ3) is 4.66. The van der Waals surface area contributed by atoms with E-state index in [1.165, 1.54) is 38.5 Å². The fourth-order valence-corrected chi connectivity index (χ4v) is 2.28. The average Bonchev–Trinajstić information content (AvgIpc) is 2.64. The van der Waals surface area contributed by atoms with Gasteiger partial charge in [-0.1, -0.05) is 12.1 Å². The van der Waals surface area contributed by atoms with Crippen molar-refractivity contribution in [3.8, 4) is 11.5 Å². The lowest BCUT2D eigenvalue weighted by atomic mass is 10.1. The first kappa shape index (κ1) is 19.6. The van der Waals surface area contributed by atoms with Gasteiger partial charge in [0.1, 0.15) is 0 Å². The highest BCUT2D eigenvalue weighted by Crippen LogP contribution is 2.30. The molecule has 26 heavy (non-hydrogen) atoms. The SMILES string of the molecule is COc1ccc(C(=O)NCC(O)c2ccc(C(F)(F)F)cc2)cc1OC. The standard InChI is InChI=1S/C18H18F3NO4/c1-25-15-8-5-12(9-16(15)26-2)17(24)22-10-14(23)11-3-6-13(7-4-11)18(19,20)21/h3-9,14,23H,10H2,1-2H3,(H,22,24). The largest absolute Gasteiger partial charge is 0.493 e. The van der Waals surface area contributed by atoms with E-state index in [-0.39, 0.29) is 12.1 Å². The first-order valence-electron chi connectivity index (χ1n) is 7.61. The number of carbonyl (C=O) groups is 1. The van der Waals surface area contributed by atoms with Crippen LogP contribution in [0.1, 0.15) is 27.6 Å². The molecule has 0 bridgehead atoms. The summed E-state index contributed by atoms with van der Waals surface area (Å²) < 4.78 is 47.8. The molecule has 0 aromatic heterocycles. The van der Waals surface area contributed by atoms with Crippen molar-refractivity contribution in [3.05, 3.63) is 59.2 Å². The fraction of sp³-hybridized carbons (Fsp3) is 0.278. The van der Waals surface area contributed by atoms with Crippen LogP contribution in [0.3, 0.4) is 0 Å². The molecule has 1 amide bonds. The smallest absolute Gasteiger partial charge is 0.416 e. The van der Waals surface area contributed by atoms with Crippen LogP contribution in [-0.4, -0.2) is 31.8 Å². The average molecular weight is 369 g/mol. The van der Waals surface area contributed by atoms with Crippen molar-refractivity contribution < 1.29 is 32.5 Å². The second-order valence-electron chi connectivity index (χ2n) is 5.42. The second kappa shape index (κ2) is 8.09. The number of hydrogen-bond acceptors (Lipinski definition) is 4. The molecule has 5 nitrogen and oxygen atoms in total. The monoisotopic (exact) mass is 369 g/mol. The Bertz CT molecular complexity index is 760. The summed E-state index contributed by atoms with van der Waals surface area (Å²) in [6.45, 7) is -0.154. The van der Waals surface area contributed by atoms with Crippen LogP contribution in [0.5, 0.6) is 11.5 Å². The summed E-state index contributed by atoms with van der Waals surface area (Å²) >= 11 is 0. The van der Waals surface area contributed by atoms with Crippen molar-refractivity contribution in [1.82, 2.24) is 5.32 Å². The number of aliphatic hydroxyl groups excluding tert-OH is 1. The van der Waals surface area contributed by atoms with Crippen LogP contribution in [0.25, 0.3) is 0 Å². The molecular weight excluding hydrogens is 351 g/mol. The maximum Gasteiger partial charge on any atom is 0.416 e. The zero-order valence-corrected chi connectivity index (χ0v) is 14.1. The Morgan fingerprint density at radius 2 is 1.69 bits per heavy atom. The van der Waals surface area contributed by atoms with Crippen molar-refractivity contribution in [3.63, 3.8) is 0 Å². The predicted octanol–water partition coefficient (Wildman–Crippen LogP) is 3.19. The van der Waals surface area contributed by atoms with E-state index in [2.05, 4.69) is 5.32 Å². The Kier molecular flexibility index (Phi) is 6.10. The van der Waals surface area contributed by atoms with Crippen molar-refractivity contribution in [1.29, 1.82) is 0 Å². The topological polar surface area (TPSA) is 67.8 Å². The third-order valence-electron chi connectivity index (χ3n) is 3.72. The number of carbonyl (C=O) groups excluding carboxylic acids is 1.